The number of hydrogen-bond donors (Lipinski definition) is 5. The van der Waals surface area contributed by atoms with Gasteiger partial charge in [0, 0.05) is 0 Å². The van der Waals surface area contributed by atoms with Crippen LogP contribution in [-0.2, 0) is 22.9 Å². The minimum absolute atomic E-state index is 0.821. The molecule has 3 fully saturated rings. The van der Waals surface area contributed by atoms with Gasteiger partial charge < -0.3 is 30.3 Å². The van der Waals surface area contributed by atoms with E-state index in [2.05, 4.69) is 18.3 Å². The Morgan fingerprint density at radius 2 is 1.82 bits per heavy atom. The minimum atomic E-state index is -4.44. The number of aliphatic hydroxyl groups excluding tert-OH is 2. The zero-order chi connectivity index (χ0) is 12.7. The minimum Gasteiger partial charge on any atom is -0.394 e. The van der Waals surface area contributed by atoms with Crippen molar-refractivity contribution in [3.8, 4) is 0 Å². The molecule has 0 radical (unpaired) electrons. The van der Waals surface area contributed by atoms with Crippen LogP contribution in [0.25, 0.3) is 0 Å². The molecule has 3 heterocycles. The Bertz CT molecular complexity index is 427. The third-order valence-corrected chi connectivity index (χ3v) is 4.35. The number of phosphoric acid groups is 1. The van der Waals surface area contributed by atoms with Gasteiger partial charge in [-0.05, 0) is 0 Å². The van der Waals surface area contributed by atoms with Gasteiger partial charge in [0.1, 0.15) is 12.2 Å². The van der Waals surface area contributed by atoms with Crippen LogP contribution in [0.4, 0.5) is 0 Å². The molecule has 3 aliphatic rings. The molecule has 98 valence electrons. The predicted molar refractivity (Wildman–Crippen MR) is 43.7 cm³/mol. The fraction of sp³-hybridized carbons (Fsp3) is 1.00. The number of ether oxygens (including phenoxy) is 1. The second-order valence-corrected chi connectivity index (χ2v) is 5.37. The smallest absolute Gasteiger partial charge is 0.394 e. The Balaban J connectivity index is 2.15. The average Bonchev–Trinajstić information content (AvgIpc) is 2.54. The number of phosphoric ester groups is 1. The standard InChI is InChI=1S/C6H9O10P/c7-1-2-3(8)4(9)5(10)6(11,13-2)16-17(12,14-4)15-5/h2-3,7-11H,1H2/t2-,3-,4-,5-,6?,17?/m1/s1. The van der Waals surface area contributed by atoms with E-state index in [0.717, 1.165) is 0 Å². The van der Waals surface area contributed by atoms with Gasteiger partial charge >= 0.3 is 19.6 Å². The van der Waals surface area contributed by atoms with Crippen LogP contribution in [0.3, 0.4) is 0 Å². The highest BCUT2D eigenvalue weighted by atomic mass is 31.2. The van der Waals surface area contributed by atoms with Crippen molar-refractivity contribution < 1.29 is 48.4 Å². The van der Waals surface area contributed by atoms with Crippen LogP contribution in [0.15, 0.2) is 0 Å². The van der Waals surface area contributed by atoms with Crippen molar-refractivity contribution >= 4 is 7.82 Å². The average molecular weight is 272 g/mol. The fourth-order valence-electron chi connectivity index (χ4n) is 2.03. The summed E-state index contributed by atoms with van der Waals surface area (Å²) in [6, 6.07) is 0. The molecule has 0 aromatic carbocycles. The molecule has 3 aliphatic heterocycles. The van der Waals surface area contributed by atoms with Crippen molar-refractivity contribution in [2.24, 2.45) is 0 Å². The molecule has 3 rings (SSSR count). The first-order chi connectivity index (χ1) is 7.70. The molecule has 17 heavy (non-hydrogen) atoms. The monoisotopic (exact) mass is 272 g/mol. The molecule has 3 saturated heterocycles. The van der Waals surface area contributed by atoms with Crippen molar-refractivity contribution in [3.63, 3.8) is 0 Å². The Hall–Kier alpha value is -0.130. The maximum Gasteiger partial charge on any atom is 0.485 e. The summed E-state index contributed by atoms with van der Waals surface area (Å²) >= 11 is 0. The second-order valence-electron chi connectivity index (χ2n) is 3.93. The van der Waals surface area contributed by atoms with Gasteiger partial charge in [-0.3, -0.25) is 0 Å². The predicted octanol–water partition coefficient (Wildman–Crippen LogP) is -3.05. The van der Waals surface area contributed by atoms with Crippen molar-refractivity contribution in [1.82, 2.24) is 0 Å². The quantitative estimate of drug-likeness (QED) is 0.311. The Morgan fingerprint density at radius 1 is 1.18 bits per heavy atom. The van der Waals surface area contributed by atoms with Gasteiger partial charge in [0.05, 0.1) is 6.61 Å². The van der Waals surface area contributed by atoms with Gasteiger partial charge in [-0.25, -0.2) is 18.1 Å². The molecular formula is C6H9O10P. The van der Waals surface area contributed by atoms with E-state index in [1.165, 1.54) is 0 Å². The normalized spacial score (nSPS) is 65.2. The molecule has 10 nitrogen and oxygen atoms in total. The molecule has 6 atom stereocenters. The molecule has 0 aromatic rings. The SMILES string of the molecule is O=P12OC3(O)O[C@H](CO)[C@@H](O)[C@@](O)(O1)[C@@]3(O)O2. The van der Waals surface area contributed by atoms with Crippen LogP contribution >= 0.6 is 7.82 Å². The summed E-state index contributed by atoms with van der Waals surface area (Å²) in [5.74, 6) is -9.00. The highest BCUT2D eigenvalue weighted by molar-refractivity contribution is 7.49. The highest BCUT2D eigenvalue weighted by Crippen LogP contribution is 2.76. The van der Waals surface area contributed by atoms with Crippen LogP contribution in [0.2, 0.25) is 0 Å². The molecule has 2 unspecified atom stereocenters. The fourth-order valence-corrected chi connectivity index (χ4v) is 3.75. The van der Waals surface area contributed by atoms with E-state index in [-0.39, 0.29) is 0 Å². The van der Waals surface area contributed by atoms with Gasteiger partial charge in [0.15, 0.2) is 0 Å². The van der Waals surface area contributed by atoms with E-state index in [0.29, 0.717) is 0 Å². The molecule has 2 bridgehead atoms. The summed E-state index contributed by atoms with van der Waals surface area (Å²) in [6.45, 7) is -0.821. The Morgan fingerprint density at radius 3 is 2.35 bits per heavy atom. The van der Waals surface area contributed by atoms with Crippen LogP contribution in [0.5, 0.6) is 0 Å². The molecule has 5 N–H and O–H groups in total. The Labute approximate surface area is 93.5 Å². The second kappa shape index (κ2) is 2.89. The van der Waals surface area contributed by atoms with Crippen molar-refractivity contribution in [2.45, 2.75) is 29.8 Å². The zero-order valence-corrected chi connectivity index (χ0v) is 8.98. The van der Waals surface area contributed by atoms with Crippen LogP contribution in [0, 0.1) is 0 Å². The lowest BCUT2D eigenvalue weighted by Crippen LogP contribution is -2.78. The first-order valence-electron chi connectivity index (χ1n) is 4.56. The maximum absolute atomic E-state index is 11.6. The van der Waals surface area contributed by atoms with Crippen molar-refractivity contribution in [1.29, 1.82) is 0 Å². The van der Waals surface area contributed by atoms with Gasteiger partial charge in [-0.2, -0.15) is 0 Å². The molecule has 0 spiro atoms. The van der Waals surface area contributed by atoms with Gasteiger partial charge in [-0.1, -0.05) is 0 Å². The first kappa shape index (κ1) is 11.9. The largest absolute Gasteiger partial charge is 0.485 e. The van der Waals surface area contributed by atoms with E-state index in [9.17, 15) is 25.0 Å². The summed E-state index contributed by atoms with van der Waals surface area (Å²) < 4.78 is 29.4. The van der Waals surface area contributed by atoms with Crippen LogP contribution in [-0.4, -0.2) is 61.9 Å². The summed E-state index contributed by atoms with van der Waals surface area (Å²) in [4.78, 5) is 0. The molecule has 11 heteroatoms. The third-order valence-electron chi connectivity index (χ3n) is 2.89. The Kier molecular flexibility index (Phi) is 2.03. The first-order valence-corrected chi connectivity index (χ1v) is 6.02. The number of hydrogen-bond acceptors (Lipinski definition) is 10. The molecule has 0 aromatic heterocycles. The van der Waals surface area contributed by atoms with Crippen molar-refractivity contribution in [3.05, 3.63) is 0 Å². The van der Waals surface area contributed by atoms with Crippen molar-refractivity contribution in [2.75, 3.05) is 6.61 Å². The van der Waals surface area contributed by atoms with E-state index in [1.807, 2.05) is 0 Å². The summed E-state index contributed by atoms with van der Waals surface area (Å²) in [7, 11) is -4.44. The van der Waals surface area contributed by atoms with Gasteiger partial charge in [0.25, 0.3) is 5.79 Å². The molecular weight excluding hydrogens is 263 g/mol. The summed E-state index contributed by atoms with van der Waals surface area (Å²) in [5, 5.41) is 48.1. The highest BCUT2D eigenvalue weighted by Gasteiger charge is 2.89. The topological polar surface area (TPSA) is 155 Å². The molecule has 0 saturated carbocycles. The lowest BCUT2D eigenvalue weighted by atomic mass is 9.90. The number of aliphatic hydroxyl groups is 5. The number of fused-ring (bicyclic) bond motifs is 1. The number of rotatable bonds is 1. The lowest BCUT2D eigenvalue weighted by molar-refractivity contribution is -0.526. The maximum atomic E-state index is 11.6. The van der Waals surface area contributed by atoms with Gasteiger partial charge in [0.2, 0.25) is 0 Å². The van der Waals surface area contributed by atoms with Gasteiger partial charge in [-0.15, -0.1) is 0 Å². The summed E-state index contributed by atoms with van der Waals surface area (Å²) in [6.07, 6.45) is -3.53. The summed E-state index contributed by atoms with van der Waals surface area (Å²) in [5.41, 5.74) is 0. The van der Waals surface area contributed by atoms with E-state index < -0.39 is 44.2 Å². The van der Waals surface area contributed by atoms with Crippen LogP contribution in [0.1, 0.15) is 0 Å². The molecule has 0 aliphatic carbocycles. The molecule has 0 amide bonds. The van der Waals surface area contributed by atoms with E-state index in [1.54, 1.807) is 0 Å². The zero-order valence-electron chi connectivity index (χ0n) is 8.09. The van der Waals surface area contributed by atoms with Crippen LogP contribution < -0.4 is 0 Å². The third kappa shape index (κ3) is 1.09. The van der Waals surface area contributed by atoms with E-state index in [4.69, 9.17) is 5.11 Å². The lowest BCUT2D eigenvalue weighted by Gasteiger charge is -2.50. The van der Waals surface area contributed by atoms with E-state index >= 15 is 0 Å².